The molecular formula is C19H19FN6O2. The zero-order valence-corrected chi connectivity index (χ0v) is 15.3. The summed E-state index contributed by atoms with van der Waals surface area (Å²) in [6, 6.07) is 4.19. The number of imidazole rings is 1. The van der Waals surface area contributed by atoms with E-state index in [1.54, 1.807) is 27.8 Å². The molecule has 0 unspecified atom stereocenters. The summed E-state index contributed by atoms with van der Waals surface area (Å²) >= 11 is 0. The molecule has 3 amide bonds. The minimum absolute atomic E-state index is 0.188. The van der Waals surface area contributed by atoms with Crippen molar-refractivity contribution < 1.29 is 14.0 Å². The van der Waals surface area contributed by atoms with Gasteiger partial charge in [0.1, 0.15) is 5.82 Å². The number of urea groups is 1. The number of carbonyl (C=O) groups is 2. The summed E-state index contributed by atoms with van der Waals surface area (Å²) in [7, 11) is 0. The predicted molar refractivity (Wildman–Crippen MR) is 103 cm³/mol. The van der Waals surface area contributed by atoms with Crippen molar-refractivity contribution in [3.8, 4) is 11.3 Å². The molecule has 28 heavy (non-hydrogen) atoms. The SMILES string of the molecule is CC(=O)Nc1cnc2nc(-c3cc(NC(=O)N4CCCC4)ccc3F)cn2c1. The number of aromatic nitrogens is 3. The Kier molecular flexibility index (Phi) is 4.64. The van der Waals surface area contributed by atoms with E-state index in [0.29, 0.717) is 22.8 Å². The van der Waals surface area contributed by atoms with Crippen molar-refractivity contribution in [2.75, 3.05) is 23.7 Å². The number of fused-ring (bicyclic) bond motifs is 1. The molecular weight excluding hydrogens is 363 g/mol. The first-order valence-electron chi connectivity index (χ1n) is 8.98. The molecule has 8 nitrogen and oxygen atoms in total. The minimum atomic E-state index is -0.454. The second kappa shape index (κ2) is 7.26. The molecule has 0 spiro atoms. The maximum atomic E-state index is 14.4. The number of hydrogen-bond acceptors (Lipinski definition) is 4. The lowest BCUT2D eigenvalue weighted by atomic mass is 10.1. The van der Waals surface area contributed by atoms with Crippen molar-refractivity contribution in [1.29, 1.82) is 0 Å². The van der Waals surface area contributed by atoms with Gasteiger partial charge in [-0.3, -0.25) is 9.20 Å². The number of anilines is 2. The van der Waals surface area contributed by atoms with E-state index < -0.39 is 5.82 Å². The van der Waals surface area contributed by atoms with Crippen LogP contribution in [0.25, 0.3) is 17.0 Å². The molecule has 3 heterocycles. The van der Waals surface area contributed by atoms with Gasteiger partial charge in [0.15, 0.2) is 0 Å². The quantitative estimate of drug-likeness (QED) is 0.728. The molecule has 0 bridgehead atoms. The molecule has 4 rings (SSSR count). The van der Waals surface area contributed by atoms with Crippen molar-refractivity contribution in [3.63, 3.8) is 0 Å². The van der Waals surface area contributed by atoms with Gasteiger partial charge in [-0.15, -0.1) is 0 Å². The molecule has 0 aliphatic carbocycles. The van der Waals surface area contributed by atoms with E-state index in [0.717, 1.165) is 25.9 Å². The fraction of sp³-hybridized carbons (Fsp3) is 0.263. The number of carbonyl (C=O) groups excluding carboxylic acids is 2. The van der Waals surface area contributed by atoms with Crippen LogP contribution in [-0.4, -0.2) is 44.3 Å². The Morgan fingerprint density at radius 3 is 2.64 bits per heavy atom. The van der Waals surface area contributed by atoms with Crippen molar-refractivity contribution >= 4 is 29.1 Å². The predicted octanol–water partition coefficient (Wildman–Crippen LogP) is 3.12. The number of nitrogens with one attached hydrogen (secondary N) is 2. The van der Waals surface area contributed by atoms with Crippen LogP contribution in [0.5, 0.6) is 0 Å². The standard InChI is InChI=1S/C19H19FN6O2/c1-12(27)22-14-9-21-18-24-17(11-26(18)10-14)15-8-13(4-5-16(15)20)23-19(28)25-6-2-3-7-25/h4-5,8-11H,2-3,6-7H2,1H3,(H,22,27)(H,23,28). The summed E-state index contributed by atoms with van der Waals surface area (Å²) in [5, 5.41) is 5.45. The molecule has 2 aromatic heterocycles. The van der Waals surface area contributed by atoms with Gasteiger partial charge in [-0.05, 0) is 31.0 Å². The van der Waals surface area contributed by atoms with E-state index in [2.05, 4.69) is 20.6 Å². The van der Waals surface area contributed by atoms with E-state index in [1.807, 2.05) is 0 Å². The van der Waals surface area contributed by atoms with Crippen LogP contribution in [0, 0.1) is 5.82 Å². The summed E-state index contributed by atoms with van der Waals surface area (Å²) < 4.78 is 16.0. The van der Waals surface area contributed by atoms with Crippen LogP contribution in [0.15, 0.2) is 36.8 Å². The monoisotopic (exact) mass is 382 g/mol. The molecule has 1 aromatic carbocycles. The molecule has 144 valence electrons. The highest BCUT2D eigenvalue weighted by Crippen LogP contribution is 2.26. The lowest BCUT2D eigenvalue weighted by Crippen LogP contribution is -2.32. The molecule has 0 saturated carbocycles. The molecule has 0 radical (unpaired) electrons. The van der Waals surface area contributed by atoms with Gasteiger partial charge >= 0.3 is 6.03 Å². The highest BCUT2D eigenvalue weighted by atomic mass is 19.1. The van der Waals surface area contributed by atoms with Crippen LogP contribution < -0.4 is 10.6 Å². The van der Waals surface area contributed by atoms with Gasteiger partial charge in [-0.1, -0.05) is 0 Å². The Morgan fingerprint density at radius 2 is 1.89 bits per heavy atom. The third kappa shape index (κ3) is 3.64. The average molecular weight is 382 g/mol. The average Bonchev–Trinajstić information content (AvgIpc) is 3.32. The van der Waals surface area contributed by atoms with Crippen LogP contribution in [0.1, 0.15) is 19.8 Å². The normalized spacial score (nSPS) is 13.7. The summed E-state index contributed by atoms with van der Waals surface area (Å²) in [6.07, 6.45) is 6.75. The summed E-state index contributed by atoms with van der Waals surface area (Å²) in [5.74, 6) is -0.298. The van der Waals surface area contributed by atoms with E-state index in [4.69, 9.17) is 0 Å². The third-order valence-electron chi connectivity index (χ3n) is 4.52. The lowest BCUT2D eigenvalue weighted by Gasteiger charge is -2.16. The Morgan fingerprint density at radius 1 is 1.11 bits per heavy atom. The smallest absolute Gasteiger partial charge is 0.321 e. The van der Waals surface area contributed by atoms with E-state index in [1.165, 1.54) is 25.3 Å². The van der Waals surface area contributed by atoms with E-state index in [9.17, 15) is 14.0 Å². The zero-order chi connectivity index (χ0) is 19.7. The fourth-order valence-corrected chi connectivity index (χ4v) is 3.20. The topological polar surface area (TPSA) is 91.6 Å². The maximum absolute atomic E-state index is 14.4. The van der Waals surface area contributed by atoms with Crippen molar-refractivity contribution in [2.24, 2.45) is 0 Å². The number of amides is 3. The Hall–Kier alpha value is -3.49. The number of halogens is 1. The van der Waals surface area contributed by atoms with Gasteiger partial charge < -0.3 is 15.5 Å². The van der Waals surface area contributed by atoms with E-state index in [-0.39, 0.29) is 17.5 Å². The van der Waals surface area contributed by atoms with Crippen LogP contribution in [0.4, 0.5) is 20.6 Å². The third-order valence-corrected chi connectivity index (χ3v) is 4.52. The molecule has 0 atom stereocenters. The Bertz CT molecular complexity index is 1060. The zero-order valence-electron chi connectivity index (χ0n) is 15.3. The van der Waals surface area contributed by atoms with Crippen molar-refractivity contribution in [3.05, 3.63) is 42.6 Å². The van der Waals surface area contributed by atoms with Crippen molar-refractivity contribution in [2.45, 2.75) is 19.8 Å². The van der Waals surface area contributed by atoms with Gasteiger partial charge in [0.25, 0.3) is 0 Å². The first-order chi connectivity index (χ1) is 13.5. The van der Waals surface area contributed by atoms with Gasteiger partial charge in [0.2, 0.25) is 11.7 Å². The molecule has 1 saturated heterocycles. The van der Waals surface area contributed by atoms with Crippen LogP contribution in [-0.2, 0) is 4.79 Å². The molecule has 1 aliphatic heterocycles. The summed E-state index contributed by atoms with van der Waals surface area (Å²) in [4.78, 5) is 33.7. The highest BCUT2D eigenvalue weighted by molar-refractivity contribution is 5.90. The summed E-state index contributed by atoms with van der Waals surface area (Å²) in [5.41, 5.74) is 1.64. The Balaban J connectivity index is 1.62. The van der Waals surface area contributed by atoms with Gasteiger partial charge in [0, 0.05) is 43.7 Å². The summed E-state index contributed by atoms with van der Waals surface area (Å²) in [6.45, 7) is 2.87. The van der Waals surface area contributed by atoms with Gasteiger partial charge in [-0.25, -0.2) is 19.2 Å². The van der Waals surface area contributed by atoms with Gasteiger partial charge in [-0.2, -0.15) is 0 Å². The second-order valence-electron chi connectivity index (χ2n) is 6.68. The molecule has 3 aromatic rings. The first kappa shape index (κ1) is 17.9. The van der Waals surface area contributed by atoms with E-state index >= 15 is 0 Å². The second-order valence-corrected chi connectivity index (χ2v) is 6.68. The maximum Gasteiger partial charge on any atom is 0.321 e. The number of likely N-dealkylation sites (tertiary alicyclic amines) is 1. The Labute approximate surface area is 160 Å². The molecule has 1 fully saturated rings. The number of rotatable bonds is 3. The molecule has 1 aliphatic rings. The van der Waals surface area contributed by atoms with Gasteiger partial charge in [0.05, 0.1) is 17.6 Å². The number of hydrogen-bond donors (Lipinski definition) is 2. The largest absolute Gasteiger partial charge is 0.325 e. The minimum Gasteiger partial charge on any atom is -0.325 e. The first-order valence-corrected chi connectivity index (χ1v) is 8.98. The lowest BCUT2D eigenvalue weighted by molar-refractivity contribution is -0.114. The highest BCUT2D eigenvalue weighted by Gasteiger charge is 2.19. The number of benzene rings is 1. The molecule has 9 heteroatoms. The van der Waals surface area contributed by atoms with Crippen LogP contribution in [0.2, 0.25) is 0 Å². The fourth-order valence-electron chi connectivity index (χ4n) is 3.20. The molecule has 2 N–H and O–H groups in total. The number of nitrogens with zero attached hydrogens (tertiary/aromatic N) is 4. The van der Waals surface area contributed by atoms with Crippen LogP contribution in [0.3, 0.4) is 0 Å². The van der Waals surface area contributed by atoms with Crippen molar-refractivity contribution in [1.82, 2.24) is 19.3 Å². The van der Waals surface area contributed by atoms with Crippen LogP contribution >= 0.6 is 0 Å².